The molecule has 6 heteroatoms. The Bertz CT molecular complexity index is 1140. The van der Waals surface area contributed by atoms with Gasteiger partial charge in [0, 0.05) is 36.6 Å². The van der Waals surface area contributed by atoms with E-state index >= 15 is 0 Å². The Kier molecular flexibility index (Phi) is 6.46. The summed E-state index contributed by atoms with van der Waals surface area (Å²) in [5, 5.41) is 1.17. The maximum atomic E-state index is 14.1. The van der Waals surface area contributed by atoms with Crippen LogP contribution in [0.5, 0.6) is 0 Å². The first kappa shape index (κ1) is 23.3. The third-order valence-corrected chi connectivity index (χ3v) is 6.15. The fraction of sp³-hybridized carbons (Fsp3) is 0.481. The van der Waals surface area contributed by atoms with E-state index in [1.165, 1.54) is 17.0 Å². The second-order valence-electron chi connectivity index (χ2n) is 10.5. The molecule has 176 valence electrons. The number of pyridine rings is 1. The molecule has 1 aliphatic rings. The number of likely N-dealkylation sites (tertiary alicyclic amines) is 1. The highest BCUT2D eigenvalue weighted by molar-refractivity contribution is 5.85. The molecular weight excluding hydrogens is 417 g/mol. The van der Waals surface area contributed by atoms with Crippen LogP contribution in [0.4, 0.5) is 9.18 Å². The van der Waals surface area contributed by atoms with E-state index < -0.39 is 5.60 Å². The fourth-order valence-electron chi connectivity index (χ4n) is 4.72. The van der Waals surface area contributed by atoms with E-state index in [9.17, 15) is 9.18 Å². The van der Waals surface area contributed by atoms with Gasteiger partial charge in [-0.3, -0.25) is 4.98 Å². The number of benzene rings is 1. The second-order valence-corrected chi connectivity index (χ2v) is 10.5. The Morgan fingerprint density at radius 1 is 1.21 bits per heavy atom. The number of hydrogen-bond donors (Lipinski definition) is 0. The van der Waals surface area contributed by atoms with Gasteiger partial charge in [0.25, 0.3) is 0 Å². The molecule has 2 aromatic heterocycles. The number of amides is 1. The molecule has 0 radical (unpaired) electrons. The molecule has 3 heterocycles. The molecule has 0 spiro atoms. The van der Waals surface area contributed by atoms with Crippen molar-refractivity contribution in [3.63, 3.8) is 0 Å². The highest BCUT2D eigenvalue weighted by Gasteiger charge is 2.29. The zero-order valence-electron chi connectivity index (χ0n) is 20.3. The maximum Gasteiger partial charge on any atom is 0.410 e. The summed E-state index contributed by atoms with van der Waals surface area (Å²) in [6.45, 7) is 11.3. The molecule has 1 amide bonds. The monoisotopic (exact) mass is 451 g/mol. The molecule has 1 fully saturated rings. The lowest BCUT2D eigenvalue weighted by atomic mass is 9.89. The number of nitrogens with zero attached hydrogens (tertiary/aromatic N) is 3. The molecule has 0 bridgehead atoms. The first-order valence-corrected chi connectivity index (χ1v) is 11.8. The quantitative estimate of drug-likeness (QED) is 0.456. The fourth-order valence-corrected chi connectivity index (χ4v) is 4.72. The lowest BCUT2D eigenvalue weighted by Gasteiger charge is -2.33. The van der Waals surface area contributed by atoms with E-state index in [0.717, 1.165) is 36.0 Å². The SMILES string of the molecule is CC(C)Cc1cc(F)ccc1-n1cc(C2CCN(C(=O)OC(C)(C)C)CC2)c2ccncc21. The van der Waals surface area contributed by atoms with Crippen LogP contribution in [0.1, 0.15) is 64.5 Å². The summed E-state index contributed by atoms with van der Waals surface area (Å²) in [6.07, 6.45) is 8.22. The summed E-state index contributed by atoms with van der Waals surface area (Å²) in [7, 11) is 0. The summed E-state index contributed by atoms with van der Waals surface area (Å²) in [6, 6.07) is 7.11. The lowest BCUT2D eigenvalue weighted by molar-refractivity contribution is 0.0205. The van der Waals surface area contributed by atoms with E-state index in [1.807, 2.05) is 44.1 Å². The van der Waals surface area contributed by atoms with Crippen molar-refractivity contribution in [3.05, 3.63) is 59.8 Å². The Balaban J connectivity index is 1.64. The van der Waals surface area contributed by atoms with Gasteiger partial charge in [-0.05, 0) is 87.3 Å². The normalized spacial score (nSPS) is 15.4. The molecule has 1 aromatic carbocycles. The highest BCUT2D eigenvalue weighted by Crippen LogP contribution is 2.36. The Labute approximate surface area is 195 Å². The lowest BCUT2D eigenvalue weighted by Crippen LogP contribution is -2.41. The van der Waals surface area contributed by atoms with Gasteiger partial charge in [0.05, 0.1) is 11.7 Å². The van der Waals surface area contributed by atoms with E-state index in [2.05, 4.69) is 35.7 Å². The van der Waals surface area contributed by atoms with Crippen LogP contribution < -0.4 is 0 Å². The average molecular weight is 452 g/mol. The van der Waals surface area contributed by atoms with Crippen molar-refractivity contribution in [3.8, 4) is 5.69 Å². The van der Waals surface area contributed by atoms with Crippen molar-refractivity contribution in [1.82, 2.24) is 14.5 Å². The minimum atomic E-state index is -0.489. The molecule has 0 N–H and O–H groups in total. The summed E-state index contributed by atoms with van der Waals surface area (Å²) in [5.74, 6) is 0.546. The molecule has 1 saturated heterocycles. The van der Waals surface area contributed by atoms with Crippen LogP contribution in [0, 0.1) is 11.7 Å². The number of carbonyl (C=O) groups excluding carboxylic acids is 1. The van der Waals surface area contributed by atoms with E-state index in [4.69, 9.17) is 4.74 Å². The smallest absolute Gasteiger partial charge is 0.410 e. The predicted octanol–water partition coefficient (Wildman–Crippen LogP) is 6.48. The number of ether oxygens (including phenoxy) is 1. The average Bonchev–Trinajstić information content (AvgIpc) is 3.12. The van der Waals surface area contributed by atoms with Gasteiger partial charge in [0.15, 0.2) is 0 Å². The topological polar surface area (TPSA) is 47.4 Å². The summed E-state index contributed by atoms with van der Waals surface area (Å²) in [5.41, 5.74) is 3.80. The molecule has 33 heavy (non-hydrogen) atoms. The Hall–Kier alpha value is -2.89. The van der Waals surface area contributed by atoms with Crippen molar-refractivity contribution >= 4 is 17.0 Å². The van der Waals surface area contributed by atoms with Crippen LogP contribution in [0.3, 0.4) is 0 Å². The number of rotatable bonds is 4. The largest absolute Gasteiger partial charge is 0.444 e. The molecule has 4 rings (SSSR count). The number of fused-ring (bicyclic) bond motifs is 1. The van der Waals surface area contributed by atoms with Crippen molar-refractivity contribution in [1.29, 1.82) is 0 Å². The van der Waals surface area contributed by atoms with Crippen molar-refractivity contribution in [2.75, 3.05) is 13.1 Å². The molecular formula is C27H34FN3O2. The zero-order valence-corrected chi connectivity index (χ0v) is 20.3. The van der Waals surface area contributed by atoms with Crippen LogP contribution >= 0.6 is 0 Å². The minimum Gasteiger partial charge on any atom is -0.444 e. The van der Waals surface area contributed by atoms with E-state index in [1.54, 1.807) is 6.07 Å². The van der Waals surface area contributed by atoms with Gasteiger partial charge in [0.1, 0.15) is 11.4 Å². The van der Waals surface area contributed by atoms with Gasteiger partial charge in [-0.2, -0.15) is 0 Å². The van der Waals surface area contributed by atoms with Gasteiger partial charge in [-0.15, -0.1) is 0 Å². The molecule has 0 saturated carbocycles. The Morgan fingerprint density at radius 2 is 1.94 bits per heavy atom. The molecule has 0 unspecified atom stereocenters. The first-order chi connectivity index (χ1) is 15.6. The van der Waals surface area contributed by atoms with E-state index in [0.29, 0.717) is 24.9 Å². The molecule has 3 aromatic rings. The van der Waals surface area contributed by atoms with Crippen LogP contribution in [0.25, 0.3) is 16.6 Å². The summed E-state index contributed by atoms with van der Waals surface area (Å²) >= 11 is 0. The van der Waals surface area contributed by atoms with Crippen LogP contribution in [0.2, 0.25) is 0 Å². The molecule has 0 atom stereocenters. The van der Waals surface area contributed by atoms with Gasteiger partial charge in [-0.25, -0.2) is 9.18 Å². The summed E-state index contributed by atoms with van der Waals surface area (Å²) in [4.78, 5) is 18.7. The minimum absolute atomic E-state index is 0.210. The van der Waals surface area contributed by atoms with Gasteiger partial charge < -0.3 is 14.2 Å². The molecule has 0 aliphatic carbocycles. The van der Waals surface area contributed by atoms with Crippen molar-refractivity contribution in [2.24, 2.45) is 5.92 Å². The number of carbonyl (C=O) groups is 1. The van der Waals surface area contributed by atoms with Crippen LogP contribution in [-0.2, 0) is 11.2 Å². The maximum absolute atomic E-state index is 14.1. The van der Waals surface area contributed by atoms with Gasteiger partial charge in [-0.1, -0.05) is 13.8 Å². The number of hydrogen-bond acceptors (Lipinski definition) is 3. The second kappa shape index (κ2) is 9.16. The third kappa shape index (κ3) is 5.21. The van der Waals surface area contributed by atoms with Gasteiger partial charge in [0.2, 0.25) is 0 Å². The van der Waals surface area contributed by atoms with Crippen LogP contribution in [0.15, 0.2) is 42.9 Å². The highest BCUT2D eigenvalue weighted by atomic mass is 19.1. The number of aromatic nitrogens is 2. The van der Waals surface area contributed by atoms with Crippen molar-refractivity contribution in [2.45, 2.75) is 65.4 Å². The van der Waals surface area contributed by atoms with Crippen molar-refractivity contribution < 1.29 is 13.9 Å². The molecule has 5 nitrogen and oxygen atoms in total. The number of piperidine rings is 1. The third-order valence-electron chi connectivity index (χ3n) is 6.15. The van der Waals surface area contributed by atoms with Crippen LogP contribution in [-0.4, -0.2) is 39.2 Å². The first-order valence-electron chi connectivity index (χ1n) is 11.8. The Morgan fingerprint density at radius 3 is 2.61 bits per heavy atom. The zero-order chi connectivity index (χ0) is 23.8. The standard InChI is InChI=1S/C27H34FN3O2/c1-18(2)14-20-15-21(28)6-7-24(20)31-17-23(22-8-11-29-16-25(22)31)19-9-12-30(13-10-19)26(32)33-27(3,4)5/h6-8,11,15-19H,9-10,12-14H2,1-5H3. The number of halogens is 1. The van der Waals surface area contributed by atoms with Gasteiger partial charge >= 0.3 is 6.09 Å². The summed E-state index contributed by atoms with van der Waals surface area (Å²) < 4.78 is 21.8. The van der Waals surface area contributed by atoms with E-state index in [-0.39, 0.29) is 11.9 Å². The molecule has 1 aliphatic heterocycles. The predicted molar refractivity (Wildman–Crippen MR) is 129 cm³/mol.